The minimum Gasteiger partial charge on any atom is -0.453 e. The molecule has 6 nitrogen and oxygen atoms in total. The van der Waals surface area contributed by atoms with Gasteiger partial charge in [0.25, 0.3) is 5.56 Å². The molecule has 2 heterocycles. The summed E-state index contributed by atoms with van der Waals surface area (Å²) >= 11 is 1.17. The Labute approximate surface area is 192 Å². The third-order valence-corrected chi connectivity index (χ3v) is 6.25. The second kappa shape index (κ2) is 8.52. The van der Waals surface area contributed by atoms with Crippen LogP contribution in [0, 0.1) is 0 Å². The van der Waals surface area contributed by atoms with Crippen LogP contribution in [0.3, 0.4) is 0 Å². The molecule has 0 bridgehead atoms. The second-order valence-electron chi connectivity index (χ2n) is 7.52. The standard InChI is InChI=1S/C26H18N2O4S/c1-16(29)17-10-12-19(13-11-17)28-25(31)20-7-3-4-8-21(20)27-26(28)33-15-22(30)24-14-18-6-2-5-9-23(18)32-24/h2-14H,15H2,1H3. The minimum absolute atomic E-state index is 0.0517. The van der Waals surface area contributed by atoms with Crippen LogP contribution in [0.15, 0.2) is 93.2 Å². The molecule has 2 aromatic heterocycles. The van der Waals surface area contributed by atoms with Crippen LogP contribution >= 0.6 is 11.8 Å². The number of thioether (sulfide) groups is 1. The predicted octanol–water partition coefficient (Wildman–Crippen LogP) is 5.31. The number of furan rings is 1. The smallest absolute Gasteiger partial charge is 0.266 e. The molecule has 3 aromatic carbocycles. The van der Waals surface area contributed by atoms with Crippen LogP contribution < -0.4 is 5.56 Å². The highest BCUT2D eigenvalue weighted by Gasteiger charge is 2.17. The Kier molecular flexibility index (Phi) is 5.40. The predicted molar refractivity (Wildman–Crippen MR) is 129 cm³/mol. The number of hydrogen-bond donors (Lipinski definition) is 0. The van der Waals surface area contributed by atoms with Crippen LogP contribution in [-0.4, -0.2) is 26.9 Å². The molecule has 0 saturated carbocycles. The highest BCUT2D eigenvalue weighted by molar-refractivity contribution is 7.99. The van der Waals surface area contributed by atoms with Gasteiger partial charge in [0, 0.05) is 10.9 Å². The zero-order chi connectivity index (χ0) is 22.9. The van der Waals surface area contributed by atoms with Crippen molar-refractivity contribution in [3.8, 4) is 5.69 Å². The van der Waals surface area contributed by atoms with E-state index >= 15 is 0 Å². The minimum atomic E-state index is -0.241. The molecule has 5 aromatic rings. The molecule has 0 fully saturated rings. The zero-order valence-electron chi connectivity index (χ0n) is 17.6. The van der Waals surface area contributed by atoms with E-state index in [0.29, 0.717) is 32.9 Å². The molecule has 0 aliphatic carbocycles. The Balaban J connectivity index is 1.53. The number of aromatic nitrogens is 2. The normalized spacial score (nSPS) is 11.2. The lowest BCUT2D eigenvalue weighted by Gasteiger charge is -2.13. The van der Waals surface area contributed by atoms with E-state index in [1.807, 2.05) is 30.3 Å². The van der Waals surface area contributed by atoms with Crippen LogP contribution in [0.5, 0.6) is 0 Å². The molecule has 33 heavy (non-hydrogen) atoms. The van der Waals surface area contributed by atoms with Gasteiger partial charge in [-0.1, -0.05) is 42.1 Å². The molecule has 0 unspecified atom stereocenters. The van der Waals surface area contributed by atoms with E-state index in [2.05, 4.69) is 4.98 Å². The van der Waals surface area contributed by atoms with Gasteiger partial charge in [-0.3, -0.25) is 19.0 Å². The van der Waals surface area contributed by atoms with Crippen molar-refractivity contribution in [2.24, 2.45) is 0 Å². The molecular formula is C26H18N2O4S. The first-order valence-electron chi connectivity index (χ1n) is 10.3. The maximum absolute atomic E-state index is 13.3. The summed E-state index contributed by atoms with van der Waals surface area (Å²) in [5.41, 5.74) is 2.08. The van der Waals surface area contributed by atoms with Gasteiger partial charge in [0.1, 0.15) is 5.58 Å². The summed E-state index contributed by atoms with van der Waals surface area (Å²) in [5.74, 6) is 0.0636. The highest BCUT2D eigenvalue weighted by Crippen LogP contribution is 2.25. The van der Waals surface area contributed by atoms with Gasteiger partial charge in [0.05, 0.1) is 22.3 Å². The molecule has 0 amide bonds. The van der Waals surface area contributed by atoms with Crippen molar-refractivity contribution in [2.75, 3.05) is 5.75 Å². The first-order chi connectivity index (χ1) is 16.0. The Morgan fingerprint density at radius 2 is 1.70 bits per heavy atom. The fraction of sp³-hybridized carbons (Fsp3) is 0.0769. The number of nitrogens with zero attached hydrogens (tertiary/aromatic N) is 2. The molecule has 162 valence electrons. The molecule has 0 radical (unpaired) electrons. The summed E-state index contributed by atoms with van der Waals surface area (Å²) in [5, 5.41) is 1.72. The van der Waals surface area contributed by atoms with Crippen molar-refractivity contribution in [3.63, 3.8) is 0 Å². The van der Waals surface area contributed by atoms with Gasteiger partial charge in [-0.05, 0) is 55.5 Å². The topological polar surface area (TPSA) is 82.2 Å². The molecule has 0 spiro atoms. The molecule has 0 atom stereocenters. The fourth-order valence-corrected chi connectivity index (χ4v) is 4.49. The third-order valence-electron chi connectivity index (χ3n) is 5.31. The van der Waals surface area contributed by atoms with Crippen molar-refractivity contribution in [1.29, 1.82) is 0 Å². The van der Waals surface area contributed by atoms with E-state index in [1.165, 1.54) is 23.3 Å². The molecule has 0 saturated heterocycles. The number of ketones is 2. The van der Waals surface area contributed by atoms with Gasteiger partial charge in [-0.2, -0.15) is 0 Å². The summed E-state index contributed by atoms with van der Waals surface area (Å²) < 4.78 is 7.15. The van der Waals surface area contributed by atoms with E-state index in [0.717, 1.165) is 5.39 Å². The average molecular weight is 455 g/mol. The van der Waals surface area contributed by atoms with E-state index in [-0.39, 0.29) is 28.6 Å². The first-order valence-corrected chi connectivity index (χ1v) is 11.3. The van der Waals surface area contributed by atoms with Crippen LogP contribution in [0.2, 0.25) is 0 Å². The van der Waals surface area contributed by atoms with Crippen molar-refractivity contribution in [3.05, 3.63) is 101 Å². The Morgan fingerprint density at radius 3 is 2.45 bits per heavy atom. The molecule has 5 rings (SSSR count). The number of fused-ring (bicyclic) bond motifs is 2. The number of carbonyl (C=O) groups is 2. The lowest BCUT2D eigenvalue weighted by Crippen LogP contribution is -2.22. The highest BCUT2D eigenvalue weighted by atomic mass is 32.2. The van der Waals surface area contributed by atoms with E-state index < -0.39 is 0 Å². The van der Waals surface area contributed by atoms with Crippen molar-refractivity contribution >= 4 is 45.2 Å². The first kappa shape index (κ1) is 20.9. The lowest BCUT2D eigenvalue weighted by atomic mass is 10.1. The monoisotopic (exact) mass is 454 g/mol. The molecule has 0 aliphatic rings. The van der Waals surface area contributed by atoms with Crippen LogP contribution in [0.1, 0.15) is 27.8 Å². The summed E-state index contributed by atoms with van der Waals surface area (Å²) in [4.78, 5) is 42.5. The van der Waals surface area contributed by atoms with E-state index in [9.17, 15) is 14.4 Å². The van der Waals surface area contributed by atoms with Crippen molar-refractivity contribution in [1.82, 2.24) is 9.55 Å². The lowest BCUT2D eigenvalue weighted by molar-refractivity contribution is 0.0991. The van der Waals surface area contributed by atoms with E-state index in [1.54, 1.807) is 48.5 Å². The Hall–Kier alpha value is -3.97. The number of Topliss-reactive ketones (excluding diaryl/α,β-unsaturated/α-hetero) is 2. The van der Waals surface area contributed by atoms with E-state index in [4.69, 9.17) is 4.42 Å². The summed E-state index contributed by atoms with van der Waals surface area (Å²) in [6, 6.07) is 23.0. The van der Waals surface area contributed by atoms with Crippen LogP contribution in [-0.2, 0) is 0 Å². The van der Waals surface area contributed by atoms with Gasteiger partial charge in [0.2, 0.25) is 5.78 Å². The maximum Gasteiger partial charge on any atom is 0.266 e. The number of hydrogen-bond acceptors (Lipinski definition) is 6. The van der Waals surface area contributed by atoms with Crippen molar-refractivity contribution < 1.29 is 14.0 Å². The second-order valence-corrected chi connectivity index (χ2v) is 8.46. The van der Waals surface area contributed by atoms with Gasteiger partial charge in [-0.25, -0.2) is 4.98 Å². The van der Waals surface area contributed by atoms with Gasteiger partial charge in [-0.15, -0.1) is 0 Å². The summed E-state index contributed by atoms with van der Waals surface area (Å²) in [6.07, 6.45) is 0. The number of rotatable bonds is 6. The third kappa shape index (κ3) is 3.99. The fourth-order valence-electron chi connectivity index (χ4n) is 3.60. The van der Waals surface area contributed by atoms with Gasteiger partial charge in [0.15, 0.2) is 16.7 Å². The summed E-state index contributed by atoms with van der Waals surface area (Å²) in [7, 11) is 0. The van der Waals surface area contributed by atoms with Crippen LogP contribution in [0.25, 0.3) is 27.6 Å². The zero-order valence-corrected chi connectivity index (χ0v) is 18.5. The largest absolute Gasteiger partial charge is 0.453 e. The van der Waals surface area contributed by atoms with Gasteiger partial charge >= 0.3 is 0 Å². The van der Waals surface area contributed by atoms with Crippen LogP contribution in [0.4, 0.5) is 0 Å². The molecule has 0 aliphatic heterocycles. The SMILES string of the molecule is CC(=O)c1ccc(-n2c(SCC(=O)c3cc4ccccc4o3)nc3ccccc3c2=O)cc1. The molecule has 0 N–H and O–H groups in total. The van der Waals surface area contributed by atoms with Crippen molar-refractivity contribution in [2.45, 2.75) is 12.1 Å². The Morgan fingerprint density at radius 1 is 0.970 bits per heavy atom. The number of carbonyl (C=O) groups excluding carboxylic acids is 2. The number of para-hydroxylation sites is 2. The average Bonchev–Trinajstić information content (AvgIpc) is 3.27. The molecular weight excluding hydrogens is 436 g/mol. The number of benzene rings is 3. The summed E-state index contributed by atoms with van der Waals surface area (Å²) in [6.45, 7) is 1.49. The van der Waals surface area contributed by atoms with Gasteiger partial charge < -0.3 is 4.42 Å². The maximum atomic E-state index is 13.3. The molecule has 7 heteroatoms. The quantitative estimate of drug-likeness (QED) is 0.196. The Bertz CT molecular complexity index is 1550.